The van der Waals surface area contributed by atoms with Crippen molar-refractivity contribution in [2.24, 2.45) is 5.92 Å². The fraction of sp³-hybridized carbons (Fsp3) is 0.455. The molecule has 0 saturated carbocycles. The van der Waals surface area contributed by atoms with Gasteiger partial charge in [-0.15, -0.1) is 0 Å². The molecule has 0 spiro atoms. The molecular formula is C22H26O6. The Morgan fingerprint density at radius 1 is 1.21 bits per heavy atom. The number of esters is 1. The molecular weight excluding hydrogens is 360 g/mol. The van der Waals surface area contributed by atoms with Gasteiger partial charge >= 0.3 is 5.97 Å². The number of ether oxygens (including phenoxy) is 4. The zero-order valence-electron chi connectivity index (χ0n) is 16.9. The van der Waals surface area contributed by atoms with E-state index in [1.165, 1.54) is 13.0 Å². The molecule has 1 aromatic carbocycles. The number of rotatable bonds is 6. The minimum atomic E-state index is -1.08. The molecule has 6 nitrogen and oxygen atoms in total. The number of ketones is 1. The maximum Gasteiger partial charge on any atom is 0.303 e. The summed E-state index contributed by atoms with van der Waals surface area (Å²) in [4.78, 5) is 24.4. The number of benzene rings is 1. The Bertz CT molecular complexity index is 853. The van der Waals surface area contributed by atoms with E-state index in [1.54, 1.807) is 20.3 Å². The number of fused-ring (bicyclic) bond motifs is 1. The first-order valence-corrected chi connectivity index (χ1v) is 9.42. The zero-order chi connectivity index (χ0) is 20.5. The van der Waals surface area contributed by atoms with Gasteiger partial charge in [-0.3, -0.25) is 9.59 Å². The van der Waals surface area contributed by atoms with Crippen LogP contribution >= 0.6 is 0 Å². The molecule has 0 radical (unpaired) electrons. The number of carbonyl (C=O) groups excluding carboxylic acids is 2. The Morgan fingerprint density at radius 3 is 2.54 bits per heavy atom. The summed E-state index contributed by atoms with van der Waals surface area (Å²) in [7, 11) is 3.15. The molecule has 1 saturated heterocycles. The molecule has 1 aliphatic heterocycles. The van der Waals surface area contributed by atoms with Crippen LogP contribution in [0.1, 0.15) is 45.3 Å². The van der Waals surface area contributed by atoms with Crippen LogP contribution in [0.5, 0.6) is 11.5 Å². The maximum atomic E-state index is 12.5. The van der Waals surface area contributed by atoms with Crippen molar-refractivity contribution in [3.63, 3.8) is 0 Å². The summed E-state index contributed by atoms with van der Waals surface area (Å²) in [5.41, 5.74) is 0.419. The molecule has 0 amide bonds. The predicted molar refractivity (Wildman–Crippen MR) is 103 cm³/mol. The highest BCUT2D eigenvalue weighted by molar-refractivity contribution is 6.06. The van der Waals surface area contributed by atoms with Gasteiger partial charge < -0.3 is 18.9 Å². The molecule has 1 aromatic rings. The van der Waals surface area contributed by atoms with Gasteiger partial charge in [-0.25, -0.2) is 0 Å². The molecule has 6 heteroatoms. The second-order valence-corrected chi connectivity index (χ2v) is 7.12. The Hall–Kier alpha value is -2.76. The Morgan fingerprint density at radius 2 is 1.93 bits per heavy atom. The fourth-order valence-electron chi connectivity index (χ4n) is 3.93. The lowest BCUT2D eigenvalue weighted by molar-refractivity contribution is -0.152. The second kappa shape index (κ2) is 7.70. The van der Waals surface area contributed by atoms with Crippen molar-refractivity contribution >= 4 is 11.8 Å². The molecule has 0 unspecified atom stereocenters. The summed E-state index contributed by atoms with van der Waals surface area (Å²) in [5, 5.41) is 0. The molecule has 1 fully saturated rings. The minimum absolute atomic E-state index is 0.0974. The number of carbonyl (C=O) groups is 2. The Kier molecular flexibility index (Phi) is 5.49. The highest BCUT2D eigenvalue weighted by Crippen LogP contribution is 2.52. The maximum absolute atomic E-state index is 12.5. The van der Waals surface area contributed by atoms with Crippen molar-refractivity contribution in [2.75, 3.05) is 14.2 Å². The minimum Gasteiger partial charge on any atom is -0.493 e. The molecule has 1 heterocycles. The SMILES string of the molecule is CCCC1=C[C@@]2(OC(C)=O)C(=CC1=O)O[C@H](c1ccc(OC)c(OC)c1)[C@@H]2C. The van der Waals surface area contributed by atoms with Gasteiger partial charge in [-0.1, -0.05) is 26.3 Å². The molecule has 0 aromatic heterocycles. The zero-order valence-corrected chi connectivity index (χ0v) is 16.9. The van der Waals surface area contributed by atoms with Crippen LogP contribution in [-0.4, -0.2) is 31.6 Å². The summed E-state index contributed by atoms with van der Waals surface area (Å²) >= 11 is 0. The van der Waals surface area contributed by atoms with Crippen LogP contribution in [0.25, 0.3) is 0 Å². The van der Waals surface area contributed by atoms with Crippen molar-refractivity contribution in [3.8, 4) is 11.5 Å². The van der Waals surface area contributed by atoms with Crippen LogP contribution in [-0.2, 0) is 19.1 Å². The molecule has 0 N–H and O–H groups in total. The molecule has 0 bridgehead atoms. The summed E-state index contributed by atoms with van der Waals surface area (Å²) in [6.45, 7) is 5.33. The molecule has 150 valence electrons. The van der Waals surface area contributed by atoms with E-state index in [0.717, 1.165) is 12.0 Å². The average molecular weight is 386 g/mol. The van der Waals surface area contributed by atoms with Gasteiger partial charge in [-0.2, -0.15) is 0 Å². The van der Waals surface area contributed by atoms with E-state index >= 15 is 0 Å². The van der Waals surface area contributed by atoms with Gasteiger partial charge in [0.1, 0.15) is 11.9 Å². The summed E-state index contributed by atoms with van der Waals surface area (Å²) in [6, 6.07) is 5.54. The van der Waals surface area contributed by atoms with Crippen molar-refractivity contribution in [1.82, 2.24) is 0 Å². The van der Waals surface area contributed by atoms with Crippen molar-refractivity contribution in [1.29, 1.82) is 0 Å². The van der Waals surface area contributed by atoms with Gasteiger partial charge in [0, 0.05) is 24.5 Å². The third-order valence-electron chi connectivity index (χ3n) is 5.31. The Balaban J connectivity index is 2.06. The van der Waals surface area contributed by atoms with E-state index in [1.807, 2.05) is 32.0 Å². The first-order valence-electron chi connectivity index (χ1n) is 9.42. The summed E-state index contributed by atoms with van der Waals surface area (Å²) < 4.78 is 22.6. The van der Waals surface area contributed by atoms with Gasteiger partial charge in [-0.05, 0) is 30.2 Å². The first-order chi connectivity index (χ1) is 13.4. The topological polar surface area (TPSA) is 71.1 Å². The van der Waals surface area contributed by atoms with Gasteiger partial charge in [0.05, 0.1) is 14.2 Å². The van der Waals surface area contributed by atoms with Gasteiger partial charge in [0.2, 0.25) is 0 Å². The lowest BCUT2D eigenvalue weighted by Crippen LogP contribution is -2.40. The van der Waals surface area contributed by atoms with E-state index in [0.29, 0.717) is 29.3 Å². The van der Waals surface area contributed by atoms with Crippen LogP contribution in [0.4, 0.5) is 0 Å². The Labute approximate surface area is 165 Å². The number of methoxy groups -OCH3 is 2. The molecule has 28 heavy (non-hydrogen) atoms. The van der Waals surface area contributed by atoms with E-state index in [-0.39, 0.29) is 11.7 Å². The predicted octanol–water partition coefficient (Wildman–Crippen LogP) is 3.91. The van der Waals surface area contributed by atoms with Gasteiger partial charge in [0.25, 0.3) is 0 Å². The molecule has 3 atom stereocenters. The van der Waals surface area contributed by atoms with E-state index in [9.17, 15) is 9.59 Å². The average Bonchev–Trinajstić information content (AvgIpc) is 2.93. The van der Waals surface area contributed by atoms with Crippen molar-refractivity contribution in [3.05, 3.63) is 47.2 Å². The van der Waals surface area contributed by atoms with Crippen LogP contribution in [0.15, 0.2) is 41.7 Å². The first kappa shape index (κ1) is 20.0. The number of hydrogen-bond acceptors (Lipinski definition) is 6. The van der Waals surface area contributed by atoms with Crippen molar-refractivity contribution < 1.29 is 28.5 Å². The largest absolute Gasteiger partial charge is 0.493 e. The second-order valence-electron chi connectivity index (χ2n) is 7.12. The third-order valence-corrected chi connectivity index (χ3v) is 5.31. The monoisotopic (exact) mass is 386 g/mol. The molecule has 2 aliphatic rings. The smallest absolute Gasteiger partial charge is 0.303 e. The number of hydrogen-bond donors (Lipinski definition) is 0. The third kappa shape index (κ3) is 3.28. The summed E-state index contributed by atoms with van der Waals surface area (Å²) in [6.07, 6.45) is 4.28. The van der Waals surface area contributed by atoms with Crippen LogP contribution in [0.2, 0.25) is 0 Å². The van der Waals surface area contributed by atoms with Crippen LogP contribution in [0.3, 0.4) is 0 Å². The van der Waals surface area contributed by atoms with Gasteiger partial charge in [0.15, 0.2) is 22.9 Å². The molecule has 1 aliphatic carbocycles. The lowest BCUT2D eigenvalue weighted by atomic mass is 9.78. The van der Waals surface area contributed by atoms with Crippen molar-refractivity contribution in [2.45, 2.75) is 45.3 Å². The van der Waals surface area contributed by atoms with E-state index < -0.39 is 17.7 Å². The quantitative estimate of drug-likeness (QED) is 0.691. The highest BCUT2D eigenvalue weighted by Gasteiger charge is 2.56. The lowest BCUT2D eigenvalue weighted by Gasteiger charge is -2.32. The summed E-state index contributed by atoms with van der Waals surface area (Å²) in [5.74, 6) is 0.819. The molecule has 3 rings (SSSR count). The van der Waals surface area contributed by atoms with Crippen LogP contribution in [0, 0.1) is 5.92 Å². The normalized spacial score (nSPS) is 26.0. The van der Waals surface area contributed by atoms with E-state index in [2.05, 4.69) is 0 Å². The highest BCUT2D eigenvalue weighted by atomic mass is 16.6. The fourth-order valence-corrected chi connectivity index (χ4v) is 3.93. The number of allylic oxidation sites excluding steroid dienone is 2. The van der Waals surface area contributed by atoms with Crippen LogP contribution < -0.4 is 9.47 Å². The van der Waals surface area contributed by atoms with E-state index in [4.69, 9.17) is 18.9 Å². The standard InChI is InChI=1S/C22H26O6/c1-6-7-16-12-22(28-14(3)23)13(2)21(27-20(22)11-17(16)24)15-8-9-18(25-4)19(10-15)26-5/h8-13,21H,6-7H2,1-5H3/t13-,21-,22-/m0/s1.